The number of nitrogens with one attached hydrogen (secondary N) is 1. The van der Waals surface area contributed by atoms with Crippen LogP contribution in [0.1, 0.15) is 13.2 Å². The Hall–Kier alpha value is -1.51. The van der Waals surface area contributed by atoms with Crippen molar-refractivity contribution in [2.75, 3.05) is 6.61 Å². The molecule has 7 nitrogen and oxygen atoms in total. The van der Waals surface area contributed by atoms with Crippen LogP contribution in [0.5, 0.6) is 0 Å². The van der Waals surface area contributed by atoms with Gasteiger partial charge in [0, 0.05) is 12.3 Å². The predicted octanol–water partition coefficient (Wildman–Crippen LogP) is -1.48. The van der Waals surface area contributed by atoms with Gasteiger partial charge in [0.25, 0.3) is 5.56 Å². The highest BCUT2D eigenvalue weighted by Crippen LogP contribution is 2.40. The minimum absolute atomic E-state index is 0.574. The number of H-pyrrole nitrogens is 1. The first-order valence-electron chi connectivity index (χ1n) is 5.32. The first kappa shape index (κ1) is 12.9. The number of aliphatic hydroxyl groups is 2. The normalized spacial score (nSPS) is 35.9. The maximum atomic E-state index is 14.3. The van der Waals surface area contributed by atoms with Gasteiger partial charge in [-0.3, -0.25) is 14.3 Å². The van der Waals surface area contributed by atoms with Gasteiger partial charge in [0.1, 0.15) is 12.2 Å². The Morgan fingerprint density at radius 3 is 2.78 bits per heavy atom. The summed E-state index contributed by atoms with van der Waals surface area (Å²) >= 11 is 0. The van der Waals surface area contributed by atoms with E-state index in [-0.39, 0.29) is 0 Å². The van der Waals surface area contributed by atoms with Crippen molar-refractivity contribution in [3.63, 3.8) is 0 Å². The highest BCUT2D eigenvalue weighted by atomic mass is 19.1. The molecular formula is C10H13FN2O5. The van der Waals surface area contributed by atoms with Crippen LogP contribution in [0.3, 0.4) is 0 Å². The predicted molar refractivity (Wildman–Crippen MR) is 57.8 cm³/mol. The van der Waals surface area contributed by atoms with Crippen molar-refractivity contribution in [1.82, 2.24) is 9.55 Å². The van der Waals surface area contributed by atoms with E-state index in [0.717, 1.165) is 23.8 Å². The molecule has 1 saturated heterocycles. The van der Waals surface area contributed by atoms with Gasteiger partial charge < -0.3 is 14.9 Å². The molecule has 8 heteroatoms. The van der Waals surface area contributed by atoms with Crippen LogP contribution >= 0.6 is 0 Å². The van der Waals surface area contributed by atoms with Crippen LogP contribution in [0.2, 0.25) is 0 Å². The number of alkyl halides is 1. The van der Waals surface area contributed by atoms with Gasteiger partial charge >= 0.3 is 5.69 Å². The van der Waals surface area contributed by atoms with E-state index in [2.05, 4.69) is 0 Å². The van der Waals surface area contributed by atoms with Gasteiger partial charge in [-0.2, -0.15) is 0 Å². The van der Waals surface area contributed by atoms with Crippen molar-refractivity contribution >= 4 is 0 Å². The number of nitrogens with zero attached hydrogens (tertiary/aromatic N) is 1. The van der Waals surface area contributed by atoms with Crippen LogP contribution in [0.15, 0.2) is 21.9 Å². The molecule has 0 spiro atoms. The van der Waals surface area contributed by atoms with Gasteiger partial charge in [0.2, 0.25) is 0 Å². The van der Waals surface area contributed by atoms with E-state index in [0.29, 0.717) is 0 Å². The van der Waals surface area contributed by atoms with Crippen molar-refractivity contribution in [3.05, 3.63) is 33.1 Å². The second-order valence-electron chi connectivity index (χ2n) is 4.32. The van der Waals surface area contributed by atoms with E-state index >= 15 is 0 Å². The molecule has 0 aromatic carbocycles. The SMILES string of the molecule is C[C@@]1(F)[C@H](O)C(CO)O[C@H]1n1ccc(=O)[nH]c1=O. The molecule has 3 N–H and O–H groups in total. The molecule has 1 aliphatic rings. The van der Waals surface area contributed by atoms with Crippen molar-refractivity contribution in [2.24, 2.45) is 0 Å². The van der Waals surface area contributed by atoms with E-state index in [9.17, 15) is 19.1 Å². The molecule has 1 aromatic heterocycles. The third-order valence-corrected chi connectivity index (χ3v) is 3.00. The third-order valence-electron chi connectivity index (χ3n) is 3.00. The molecule has 1 unspecified atom stereocenters. The molecule has 0 aliphatic carbocycles. The molecule has 2 heterocycles. The Kier molecular flexibility index (Phi) is 3.09. The second-order valence-corrected chi connectivity index (χ2v) is 4.32. The maximum absolute atomic E-state index is 14.3. The van der Waals surface area contributed by atoms with Gasteiger partial charge in [-0.25, -0.2) is 9.18 Å². The van der Waals surface area contributed by atoms with Crippen LogP contribution in [0.25, 0.3) is 0 Å². The monoisotopic (exact) mass is 260 g/mol. The first-order chi connectivity index (χ1) is 8.37. The molecule has 0 radical (unpaired) electrons. The second kappa shape index (κ2) is 4.30. The number of aliphatic hydroxyl groups excluding tert-OH is 2. The van der Waals surface area contributed by atoms with Crippen LogP contribution in [-0.2, 0) is 4.74 Å². The Morgan fingerprint density at radius 2 is 2.28 bits per heavy atom. The Bertz CT molecular complexity index is 552. The molecule has 0 bridgehead atoms. The number of hydrogen-bond donors (Lipinski definition) is 3. The average molecular weight is 260 g/mol. The summed E-state index contributed by atoms with van der Waals surface area (Å²) in [7, 11) is 0. The number of aromatic nitrogens is 2. The quantitative estimate of drug-likeness (QED) is 0.601. The molecule has 1 aliphatic heterocycles. The van der Waals surface area contributed by atoms with Crippen molar-refractivity contribution in [3.8, 4) is 0 Å². The summed E-state index contributed by atoms with van der Waals surface area (Å²) in [6.45, 7) is 0.491. The Morgan fingerprint density at radius 1 is 1.61 bits per heavy atom. The summed E-state index contributed by atoms with van der Waals surface area (Å²) in [5, 5.41) is 18.6. The Balaban J connectivity index is 2.45. The van der Waals surface area contributed by atoms with E-state index < -0.39 is 42.0 Å². The summed E-state index contributed by atoms with van der Waals surface area (Å²) in [5.74, 6) is 0. The summed E-state index contributed by atoms with van der Waals surface area (Å²) in [6, 6.07) is 1.04. The highest BCUT2D eigenvalue weighted by Gasteiger charge is 2.54. The summed E-state index contributed by atoms with van der Waals surface area (Å²) in [4.78, 5) is 24.4. The number of halogens is 1. The Labute approximate surface area is 100 Å². The molecule has 18 heavy (non-hydrogen) atoms. The zero-order valence-electron chi connectivity index (χ0n) is 9.54. The lowest BCUT2D eigenvalue weighted by atomic mass is 9.98. The van der Waals surface area contributed by atoms with E-state index in [1.807, 2.05) is 4.98 Å². The molecule has 0 amide bonds. The minimum atomic E-state index is -2.25. The molecule has 4 atom stereocenters. The smallest absolute Gasteiger partial charge is 0.330 e. The lowest BCUT2D eigenvalue weighted by Gasteiger charge is -2.24. The maximum Gasteiger partial charge on any atom is 0.330 e. The van der Waals surface area contributed by atoms with Crippen molar-refractivity contribution in [1.29, 1.82) is 0 Å². The molecular weight excluding hydrogens is 247 g/mol. The summed E-state index contributed by atoms with van der Waals surface area (Å²) < 4.78 is 20.3. The number of aromatic amines is 1. The average Bonchev–Trinajstić information content (AvgIpc) is 2.52. The van der Waals surface area contributed by atoms with Gasteiger partial charge in [-0.1, -0.05) is 0 Å². The van der Waals surface area contributed by atoms with E-state index in [1.54, 1.807) is 0 Å². The topological polar surface area (TPSA) is 105 Å². The lowest BCUT2D eigenvalue weighted by Crippen LogP contribution is -2.43. The van der Waals surface area contributed by atoms with Crippen LogP contribution in [-0.4, -0.2) is 44.2 Å². The first-order valence-corrected chi connectivity index (χ1v) is 5.32. The summed E-state index contributed by atoms with van der Waals surface area (Å²) in [6.07, 6.45) is -3.01. The molecule has 1 aromatic rings. The van der Waals surface area contributed by atoms with Gasteiger partial charge in [-0.15, -0.1) is 0 Å². The fourth-order valence-electron chi connectivity index (χ4n) is 1.97. The van der Waals surface area contributed by atoms with Gasteiger partial charge in [-0.05, 0) is 6.92 Å². The minimum Gasteiger partial charge on any atom is -0.394 e. The van der Waals surface area contributed by atoms with Crippen LogP contribution in [0.4, 0.5) is 4.39 Å². The fourth-order valence-corrected chi connectivity index (χ4v) is 1.97. The largest absolute Gasteiger partial charge is 0.394 e. The van der Waals surface area contributed by atoms with Crippen LogP contribution < -0.4 is 11.2 Å². The highest BCUT2D eigenvalue weighted by molar-refractivity contribution is 5.01. The standard InChI is InChI=1S/C10H13FN2O5/c1-10(11)7(16)5(4-14)18-8(10)13-3-2-6(15)12-9(13)17/h2-3,5,7-8,14,16H,4H2,1H3,(H,12,15,17)/t5?,7-,8-,10-/m1/s1. The number of rotatable bonds is 2. The molecule has 2 rings (SSSR count). The zero-order chi connectivity index (χ0) is 13.5. The van der Waals surface area contributed by atoms with Gasteiger partial charge in [0.15, 0.2) is 11.9 Å². The van der Waals surface area contributed by atoms with Crippen molar-refractivity contribution in [2.45, 2.75) is 31.0 Å². The zero-order valence-corrected chi connectivity index (χ0v) is 9.54. The summed E-state index contributed by atoms with van der Waals surface area (Å²) in [5.41, 5.74) is -3.72. The van der Waals surface area contributed by atoms with Crippen molar-refractivity contribution < 1.29 is 19.3 Å². The van der Waals surface area contributed by atoms with E-state index in [1.165, 1.54) is 0 Å². The molecule has 100 valence electrons. The number of hydrogen-bond acceptors (Lipinski definition) is 5. The fraction of sp³-hybridized carbons (Fsp3) is 0.600. The lowest BCUT2D eigenvalue weighted by molar-refractivity contribution is -0.0611. The molecule has 1 fully saturated rings. The molecule has 0 saturated carbocycles. The third kappa shape index (κ3) is 1.88. The van der Waals surface area contributed by atoms with E-state index in [4.69, 9.17) is 9.84 Å². The van der Waals surface area contributed by atoms with Gasteiger partial charge in [0.05, 0.1) is 6.61 Å². The van der Waals surface area contributed by atoms with Crippen LogP contribution in [0, 0.1) is 0 Å². The number of ether oxygens (including phenoxy) is 1.